The van der Waals surface area contributed by atoms with Gasteiger partial charge in [0.1, 0.15) is 0 Å². The Balaban J connectivity index is 2.85. The van der Waals surface area contributed by atoms with Gasteiger partial charge in [-0.3, -0.25) is 9.59 Å². The summed E-state index contributed by atoms with van der Waals surface area (Å²) in [5.41, 5.74) is 2.26. The van der Waals surface area contributed by atoms with Crippen molar-refractivity contribution in [1.29, 1.82) is 0 Å². The number of carbonyl (C=O) groups is 2. The highest BCUT2D eigenvalue weighted by atomic mass is 16.5. The normalized spacial score (nSPS) is 28.0. The predicted molar refractivity (Wildman–Crippen MR) is 126 cm³/mol. The van der Waals surface area contributed by atoms with Crippen LogP contribution in [-0.4, -0.2) is 36.6 Å². The lowest BCUT2D eigenvalue weighted by Crippen LogP contribution is -2.13. The van der Waals surface area contributed by atoms with Gasteiger partial charge in [-0.15, -0.1) is 0 Å². The van der Waals surface area contributed by atoms with Crippen molar-refractivity contribution in [3.63, 3.8) is 0 Å². The van der Waals surface area contributed by atoms with E-state index < -0.39 is 0 Å². The highest BCUT2D eigenvalue weighted by Crippen LogP contribution is 2.17. The molecule has 1 aliphatic heterocycles. The van der Waals surface area contributed by atoms with Crippen LogP contribution in [0, 0.1) is 23.7 Å². The van der Waals surface area contributed by atoms with E-state index in [0.29, 0.717) is 43.3 Å². The molecule has 0 saturated carbocycles. The topological polar surface area (TPSA) is 77.3 Å². The van der Waals surface area contributed by atoms with Gasteiger partial charge in [0.05, 0.1) is 13.2 Å². The van der Waals surface area contributed by atoms with E-state index in [9.17, 15) is 9.59 Å². The Morgan fingerprint density at radius 3 is 1.42 bits per heavy atom. The first-order valence-electron chi connectivity index (χ1n) is 12.1. The monoisotopic (exact) mass is 436 g/mol. The second-order valence-electron chi connectivity index (χ2n) is 9.65. The molecule has 0 spiro atoms. The molecule has 6 heteroatoms. The fourth-order valence-corrected chi connectivity index (χ4v) is 3.38. The summed E-state index contributed by atoms with van der Waals surface area (Å²) >= 11 is 0. The zero-order chi connectivity index (χ0) is 23.2. The number of nitrogens with zero attached hydrogens (tertiary/aromatic N) is 2. The lowest BCUT2D eigenvalue weighted by Gasteiger charge is -2.15. The predicted octanol–water partition coefficient (Wildman–Crippen LogP) is 5.98. The molecule has 2 atom stereocenters. The SMILES string of the molecule is CC(C)/C1=N/N=C(/C(C)C)CC[C@@H](C)CCOC(=O)CCCC(=O)OCC[C@H](C)CC1. The van der Waals surface area contributed by atoms with Crippen molar-refractivity contribution >= 4 is 23.4 Å². The average molecular weight is 437 g/mol. The van der Waals surface area contributed by atoms with Crippen molar-refractivity contribution in [1.82, 2.24) is 0 Å². The molecule has 0 bridgehead atoms. The third-order valence-corrected chi connectivity index (χ3v) is 5.94. The van der Waals surface area contributed by atoms with Crippen LogP contribution in [-0.2, 0) is 19.1 Å². The number of hydrogen-bond donors (Lipinski definition) is 0. The van der Waals surface area contributed by atoms with Crippen LogP contribution in [0.4, 0.5) is 0 Å². The second-order valence-corrected chi connectivity index (χ2v) is 9.65. The van der Waals surface area contributed by atoms with Gasteiger partial charge in [-0.1, -0.05) is 41.5 Å². The fraction of sp³-hybridized carbons (Fsp3) is 0.840. The number of rotatable bonds is 2. The molecule has 0 saturated heterocycles. The molecular formula is C25H44N2O4. The van der Waals surface area contributed by atoms with Gasteiger partial charge in [-0.2, -0.15) is 10.2 Å². The third kappa shape index (κ3) is 12.7. The summed E-state index contributed by atoms with van der Waals surface area (Å²) in [7, 11) is 0. The van der Waals surface area contributed by atoms with Crippen molar-refractivity contribution in [2.45, 2.75) is 99.3 Å². The van der Waals surface area contributed by atoms with E-state index in [1.165, 1.54) is 0 Å². The van der Waals surface area contributed by atoms with E-state index in [0.717, 1.165) is 49.9 Å². The van der Waals surface area contributed by atoms with Gasteiger partial charge >= 0.3 is 11.9 Å². The first kappa shape index (κ1) is 27.3. The molecule has 31 heavy (non-hydrogen) atoms. The summed E-state index contributed by atoms with van der Waals surface area (Å²) < 4.78 is 10.7. The van der Waals surface area contributed by atoms with Crippen LogP contribution in [0.5, 0.6) is 0 Å². The molecule has 1 aliphatic rings. The molecule has 0 aromatic carbocycles. The van der Waals surface area contributed by atoms with Crippen molar-refractivity contribution in [2.75, 3.05) is 13.2 Å². The zero-order valence-corrected chi connectivity index (χ0v) is 20.6. The van der Waals surface area contributed by atoms with Crippen LogP contribution in [0.15, 0.2) is 10.2 Å². The molecule has 0 N–H and O–H groups in total. The number of carbonyl (C=O) groups excluding carboxylic acids is 2. The lowest BCUT2D eigenvalue weighted by atomic mass is 9.95. The molecule has 0 fully saturated rings. The Labute approximate surface area is 189 Å². The standard InChI is InChI=1S/C25H44N2O4/c1-18(2)22-12-10-20(5)14-16-30-24(28)8-7-9-25(29)31-17-15-21(6)11-13-23(19(3)4)27-26-22/h18-21H,7-17H2,1-6H3/b26-22+,27-23+/t20-,21-/m1/s1. The minimum absolute atomic E-state index is 0.237. The summed E-state index contributed by atoms with van der Waals surface area (Å²) in [5, 5.41) is 9.32. The zero-order valence-electron chi connectivity index (χ0n) is 20.6. The summed E-state index contributed by atoms with van der Waals surface area (Å²) in [6.45, 7) is 13.9. The molecule has 0 aromatic heterocycles. The van der Waals surface area contributed by atoms with E-state index >= 15 is 0 Å². The molecule has 6 nitrogen and oxygen atoms in total. The number of hydrogen-bond acceptors (Lipinski definition) is 6. The molecule has 0 unspecified atom stereocenters. The van der Waals surface area contributed by atoms with Crippen LogP contribution >= 0.6 is 0 Å². The smallest absolute Gasteiger partial charge is 0.305 e. The summed E-state index contributed by atoms with van der Waals surface area (Å²) in [5.74, 6) is 1.12. The maximum Gasteiger partial charge on any atom is 0.305 e. The Kier molecular flexibility index (Phi) is 13.3. The summed E-state index contributed by atoms with van der Waals surface area (Å²) in [6.07, 6.45) is 6.50. The summed E-state index contributed by atoms with van der Waals surface area (Å²) in [4.78, 5) is 23.7. The highest BCUT2D eigenvalue weighted by Gasteiger charge is 2.14. The van der Waals surface area contributed by atoms with Gasteiger partial charge in [-0.05, 0) is 68.6 Å². The quantitative estimate of drug-likeness (QED) is 0.499. The fourth-order valence-electron chi connectivity index (χ4n) is 3.38. The first-order chi connectivity index (χ1) is 14.7. The third-order valence-electron chi connectivity index (χ3n) is 5.94. The van der Waals surface area contributed by atoms with E-state index in [2.05, 4.69) is 51.7 Å². The van der Waals surface area contributed by atoms with Gasteiger partial charge in [0.2, 0.25) is 0 Å². The van der Waals surface area contributed by atoms with Gasteiger partial charge in [0.25, 0.3) is 0 Å². The maximum atomic E-state index is 11.9. The maximum absolute atomic E-state index is 11.9. The van der Waals surface area contributed by atoms with Crippen molar-refractivity contribution in [2.24, 2.45) is 33.9 Å². The highest BCUT2D eigenvalue weighted by molar-refractivity contribution is 5.89. The Morgan fingerprint density at radius 2 is 1.06 bits per heavy atom. The molecular weight excluding hydrogens is 392 g/mol. The average Bonchev–Trinajstić information content (AvgIpc) is 2.68. The van der Waals surface area contributed by atoms with E-state index in [-0.39, 0.29) is 24.8 Å². The molecule has 1 heterocycles. The van der Waals surface area contributed by atoms with Gasteiger partial charge in [0.15, 0.2) is 0 Å². The molecule has 0 aromatic rings. The van der Waals surface area contributed by atoms with E-state index in [1.807, 2.05) is 0 Å². The van der Waals surface area contributed by atoms with E-state index in [4.69, 9.17) is 9.47 Å². The van der Waals surface area contributed by atoms with Crippen LogP contribution in [0.2, 0.25) is 0 Å². The Hall–Kier alpha value is -1.72. The molecule has 178 valence electrons. The van der Waals surface area contributed by atoms with Gasteiger partial charge in [-0.25, -0.2) is 0 Å². The van der Waals surface area contributed by atoms with Crippen molar-refractivity contribution in [3.8, 4) is 0 Å². The van der Waals surface area contributed by atoms with Gasteiger partial charge < -0.3 is 9.47 Å². The lowest BCUT2D eigenvalue weighted by molar-refractivity contribution is -0.145. The summed E-state index contributed by atoms with van der Waals surface area (Å²) in [6, 6.07) is 0. The first-order valence-corrected chi connectivity index (χ1v) is 12.1. The van der Waals surface area contributed by atoms with Crippen LogP contribution in [0.3, 0.4) is 0 Å². The van der Waals surface area contributed by atoms with E-state index in [1.54, 1.807) is 0 Å². The van der Waals surface area contributed by atoms with Crippen LogP contribution < -0.4 is 0 Å². The number of esters is 2. The van der Waals surface area contributed by atoms with Crippen molar-refractivity contribution in [3.05, 3.63) is 0 Å². The van der Waals surface area contributed by atoms with Crippen LogP contribution in [0.1, 0.15) is 99.3 Å². The molecule has 0 radical (unpaired) electrons. The Morgan fingerprint density at radius 1 is 0.677 bits per heavy atom. The minimum atomic E-state index is -0.237. The Bertz CT molecular complexity index is 559. The second kappa shape index (κ2) is 15.1. The molecule has 1 rings (SSSR count). The largest absolute Gasteiger partial charge is 0.466 e. The van der Waals surface area contributed by atoms with Crippen LogP contribution in [0.25, 0.3) is 0 Å². The molecule has 0 amide bonds. The van der Waals surface area contributed by atoms with Crippen molar-refractivity contribution < 1.29 is 19.1 Å². The number of ether oxygens (including phenoxy) is 2. The molecule has 0 aliphatic carbocycles. The minimum Gasteiger partial charge on any atom is -0.466 e. The number of cyclic esters (lactones) is 2. The van der Waals surface area contributed by atoms with Gasteiger partial charge in [0, 0.05) is 24.3 Å².